The summed E-state index contributed by atoms with van der Waals surface area (Å²) in [6.45, 7) is 2.16. The minimum atomic E-state index is -0.102. The molecule has 0 aromatic carbocycles. The standard InChI is InChI=1S/C12H16ClNO3/c13-11-6-14-12(5-10(11)7-15)17-8-9-1-3-16-4-2-9/h5-6,9,15H,1-4,7-8H2. The van der Waals surface area contributed by atoms with Crippen LogP contribution in [0.2, 0.25) is 5.02 Å². The third kappa shape index (κ3) is 3.56. The van der Waals surface area contributed by atoms with Crippen LogP contribution in [-0.4, -0.2) is 29.9 Å². The molecule has 0 aliphatic carbocycles. The number of aromatic nitrogens is 1. The molecule has 1 aromatic rings. The fourth-order valence-corrected chi connectivity index (χ4v) is 1.94. The first-order valence-corrected chi connectivity index (χ1v) is 6.13. The van der Waals surface area contributed by atoms with E-state index in [9.17, 15) is 0 Å². The Balaban J connectivity index is 1.89. The van der Waals surface area contributed by atoms with Crippen LogP contribution in [0.3, 0.4) is 0 Å². The van der Waals surface area contributed by atoms with Crippen molar-refractivity contribution in [2.45, 2.75) is 19.4 Å². The van der Waals surface area contributed by atoms with Crippen LogP contribution in [0.4, 0.5) is 0 Å². The molecular weight excluding hydrogens is 242 g/mol. The second-order valence-corrected chi connectivity index (χ2v) is 4.55. The van der Waals surface area contributed by atoms with Crippen LogP contribution in [0, 0.1) is 5.92 Å². The van der Waals surface area contributed by atoms with E-state index >= 15 is 0 Å². The summed E-state index contributed by atoms with van der Waals surface area (Å²) in [5.41, 5.74) is 0.642. The van der Waals surface area contributed by atoms with Crippen molar-refractivity contribution in [3.63, 3.8) is 0 Å². The lowest BCUT2D eigenvalue weighted by atomic mass is 10.0. The van der Waals surface area contributed by atoms with E-state index < -0.39 is 0 Å². The molecular formula is C12H16ClNO3. The normalized spacial score (nSPS) is 17.1. The Morgan fingerprint density at radius 2 is 2.24 bits per heavy atom. The molecule has 0 atom stereocenters. The van der Waals surface area contributed by atoms with E-state index in [0.717, 1.165) is 26.1 Å². The number of hydrogen-bond acceptors (Lipinski definition) is 4. The molecule has 0 saturated carbocycles. The summed E-state index contributed by atoms with van der Waals surface area (Å²) in [5, 5.41) is 9.54. The van der Waals surface area contributed by atoms with E-state index in [-0.39, 0.29) is 6.61 Å². The highest BCUT2D eigenvalue weighted by atomic mass is 35.5. The van der Waals surface area contributed by atoms with Crippen LogP contribution < -0.4 is 4.74 Å². The van der Waals surface area contributed by atoms with E-state index in [1.165, 1.54) is 6.20 Å². The molecule has 4 nitrogen and oxygen atoms in total. The van der Waals surface area contributed by atoms with Crippen molar-refractivity contribution < 1.29 is 14.6 Å². The first kappa shape index (κ1) is 12.6. The minimum Gasteiger partial charge on any atom is -0.477 e. The molecule has 1 fully saturated rings. The Kier molecular flexibility index (Phi) is 4.59. The molecule has 0 bridgehead atoms. The Hall–Kier alpha value is -0.840. The van der Waals surface area contributed by atoms with Crippen molar-refractivity contribution in [1.29, 1.82) is 0 Å². The molecule has 94 valence electrons. The summed E-state index contributed by atoms with van der Waals surface area (Å²) in [6, 6.07) is 1.68. The zero-order valence-electron chi connectivity index (χ0n) is 9.56. The average Bonchev–Trinajstić information content (AvgIpc) is 2.39. The molecule has 5 heteroatoms. The maximum absolute atomic E-state index is 9.08. The van der Waals surface area contributed by atoms with Gasteiger partial charge < -0.3 is 14.6 Å². The van der Waals surface area contributed by atoms with Gasteiger partial charge in [-0.25, -0.2) is 4.98 Å². The average molecular weight is 258 g/mol. The number of aliphatic hydroxyl groups excluding tert-OH is 1. The van der Waals surface area contributed by atoms with Crippen molar-refractivity contribution in [2.24, 2.45) is 5.92 Å². The van der Waals surface area contributed by atoms with Crippen molar-refractivity contribution in [3.8, 4) is 5.88 Å². The van der Waals surface area contributed by atoms with E-state index in [1.54, 1.807) is 6.07 Å². The van der Waals surface area contributed by atoms with E-state index in [4.69, 9.17) is 26.2 Å². The molecule has 1 saturated heterocycles. The molecule has 2 heterocycles. The van der Waals surface area contributed by atoms with Gasteiger partial charge in [-0.1, -0.05) is 11.6 Å². The van der Waals surface area contributed by atoms with Crippen molar-refractivity contribution in [1.82, 2.24) is 4.98 Å². The molecule has 0 spiro atoms. The lowest BCUT2D eigenvalue weighted by molar-refractivity contribution is 0.0490. The third-order valence-electron chi connectivity index (χ3n) is 2.89. The molecule has 2 rings (SSSR count). The van der Waals surface area contributed by atoms with Gasteiger partial charge >= 0.3 is 0 Å². The molecule has 1 aromatic heterocycles. The second kappa shape index (κ2) is 6.19. The summed E-state index contributed by atoms with van der Waals surface area (Å²) in [7, 11) is 0. The molecule has 1 N–H and O–H groups in total. The van der Waals surface area contributed by atoms with Gasteiger partial charge in [0.05, 0.1) is 18.2 Å². The van der Waals surface area contributed by atoms with Gasteiger partial charge in [-0.15, -0.1) is 0 Å². The fourth-order valence-electron chi connectivity index (χ4n) is 1.77. The van der Waals surface area contributed by atoms with Gasteiger partial charge in [0.25, 0.3) is 0 Å². The topological polar surface area (TPSA) is 51.6 Å². The molecule has 17 heavy (non-hydrogen) atoms. The number of aliphatic hydroxyl groups is 1. The summed E-state index contributed by atoms with van der Waals surface area (Å²) >= 11 is 5.85. The summed E-state index contributed by atoms with van der Waals surface area (Å²) < 4.78 is 10.9. The first-order valence-electron chi connectivity index (χ1n) is 5.75. The van der Waals surface area contributed by atoms with Gasteiger partial charge in [-0.05, 0) is 18.8 Å². The Labute approximate surface area is 106 Å². The number of halogens is 1. The van der Waals surface area contributed by atoms with Crippen LogP contribution in [0.25, 0.3) is 0 Å². The minimum absolute atomic E-state index is 0.102. The van der Waals surface area contributed by atoms with Gasteiger partial charge in [-0.2, -0.15) is 0 Å². The van der Waals surface area contributed by atoms with Gasteiger partial charge in [-0.3, -0.25) is 0 Å². The van der Waals surface area contributed by atoms with Gasteiger partial charge in [0.2, 0.25) is 5.88 Å². The molecule has 0 unspecified atom stereocenters. The number of ether oxygens (including phenoxy) is 2. The predicted molar refractivity (Wildman–Crippen MR) is 64.2 cm³/mol. The second-order valence-electron chi connectivity index (χ2n) is 4.14. The van der Waals surface area contributed by atoms with E-state index in [0.29, 0.717) is 29.0 Å². The Morgan fingerprint density at radius 3 is 2.94 bits per heavy atom. The summed E-state index contributed by atoms with van der Waals surface area (Å²) in [4.78, 5) is 4.07. The first-order chi connectivity index (χ1) is 8.29. The number of rotatable bonds is 4. The molecule has 0 radical (unpaired) electrons. The van der Waals surface area contributed by atoms with Crippen LogP contribution in [0.1, 0.15) is 18.4 Å². The third-order valence-corrected chi connectivity index (χ3v) is 3.23. The van der Waals surface area contributed by atoms with Crippen LogP contribution >= 0.6 is 11.6 Å². The number of pyridine rings is 1. The lowest BCUT2D eigenvalue weighted by Gasteiger charge is -2.21. The SMILES string of the molecule is OCc1cc(OCC2CCOCC2)ncc1Cl. The quantitative estimate of drug-likeness (QED) is 0.897. The van der Waals surface area contributed by atoms with Crippen LogP contribution in [0.15, 0.2) is 12.3 Å². The number of hydrogen-bond donors (Lipinski definition) is 1. The predicted octanol–water partition coefficient (Wildman–Crippen LogP) is 2.03. The van der Waals surface area contributed by atoms with Gasteiger partial charge in [0, 0.05) is 31.0 Å². The Bertz CT molecular complexity index is 367. The van der Waals surface area contributed by atoms with Crippen molar-refractivity contribution in [3.05, 3.63) is 22.8 Å². The summed E-state index contributed by atoms with van der Waals surface area (Å²) in [5.74, 6) is 1.05. The lowest BCUT2D eigenvalue weighted by Crippen LogP contribution is -2.21. The highest BCUT2D eigenvalue weighted by Crippen LogP contribution is 2.21. The van der Waals surface area contributed by atoms with Gasteiger partial charge in [0.15, 0.2) is 0 Å². The summed E-state index contributed by atoms with van der Waals surface area (Å²) in [6.07, 6.45) is 3.56. The zero-order chi connectivity index (χ0) is 12.1. The number of nitrogens with zero attached hydrogens (tertiary/aromatic N) is 1. The van der Waals surface area contributed by atoms with Crippen LogP contribution in [-0.2, 0) is 11.3 Å². The molecule has 1 aliphatic rings. The highest BCUT2D eigenvalue weighted by molar-refractivity contribution is 6.31. The fraction of sp³-hybridized carbons (Fsp3) is 0.583. The van der Waals surface area contributed by atoms with Crippen molar-refractivity contribution >= 4 is 11.6 Å². The highest BCUT2D eigenvalue weighted by Gasteiger charge is 2.14. The van der Waals surface area contributed by atoms with Crippen LogP contribution in [0.5, 0.6) is 5.88 Å². The zero-order valence-corrected chi connectivity index (χ0v) is 10.3. The van der Waals surface area contributed by atoms with Crippen molar-refractivity contribution in [2.75, 3.05) is 19.8 Å². The molecule has 1 aliphatic heterocycles. The van der Waals surface area contributed by atoms with E-state index in [2.05, 4.69) is 4.98 Å². The maximum Gasteiger partial charge on any atom is 0.213 e. The van der Waals surface area contributed by atoms with E-state index in [1.807, 2.05) is 0 Å². The molecule has 0 amide bonds. The maximum atomic E-state index is 9.08. The largest absolute Gasteiger partial charge is 0.477 e. The monoisotopic (exact) mass is 257 g/mol. The smallest absolute Gasteiger partial charge is 0.213 e. The van der Waals surface area contributed by atoms with Gasteiger partial charge in [0.1, 0.15) is 0 Å². The Morgan fingerprint density at radius 1 is 1.47 bits per heavy atom.